The summed E-state index contributed by atoms with van der Waals surface area (Å²) in [7, 11) is 0. The Morgan fingerprint density at radius 3 is 2.21 bits per heavy atom. The molecule has 8 heteroatoms. The number of ether oxygens (including phenoxy) is 1. The largest absolute Gasteiger partial charge is 0.465 e. The van der Waals surface area contributed by atoms with Crippen molar-refractivity contribution >= 4 is 17.3 Å². The molecule has 0 radical (unpaired) electrons. The van der Waals surface area contributed by atoms with Gasteiger partial charge in [0.15, 0.2) is 5.41 Å². The lowest BCUT2D eigenvalue weighted by Gasteiger charge is -2.30. The molecule has 0 saturated carbocycles. The number of non-ortho nitro benzene ring substituents is 1. The first-order chi connectivity index (χ1) is 16.0. The lowest BCUT2D eigenvalue weighted by molar-refractivity contribution is -0.384. The van der Waals surface area contributed by atoms with Crippen LogP contribution in [-0.2, 0) is 16.0 Å². The summed E-state index contributed by atoms with van der Waals surface area (Å²) in [5.41, 5.74) is 0.00273. The van der Waals surface area contributed by atoms with E-state index in [1.54, 1.807) is 31.2 Å². The van der Waals surface area contributed by atoms with Crippen LogP contribution < -0.4 is 0 Å². The van der Waals surface area contributed by atoms with Gasteiger partial charge in [-0.2, -0.15) is 15.5 Å². The molecule has 0 fully saturated rings. The van der Waals surface area contributed by atoms with Crippen LogP contribution >= 0.6 is 0 Å². The van der Waals surface area contributed by atoms with E-state index in [9.17, 15) is 20.2 Å². The molecule has 0 aromatic heterocycles. The zero-order valence-electron chi connectivity index (χ0n) is 18.0. The molecule has 8 nitrogen and oxygen atoms in total. The Labute approximate surface area is 191 Å². The number of hydrogen-bond acceptors (Lipinski definition) is 7. The minimum Gasteiger partial charge on any atom is -0.465 e. The Kier molecular flexibility index (Phi) is 7.60. The predicted molar refractivity (Wildman–Crippen MR) is 122 cm³/mol. The smallest absolute Gasteiger partial charge is 0.329 e. The number of nitro groups is 1. The molecule has 0 saturated heterocycles. The fourth-order valence-corrected chi connectivity index (χ4v) is 3.45. The Hall–Kier alpha value is -4.38. The van der Waals surface area contributed by atoms with Crippen LogP contribution in [0.1, 0.15) is 24.1 Å². The van der Waals surface area contributed by atoms with Gasteiger partial charge >= 0.3 is 5.97 Å². The molecule has 33 heavy (non-hydrogen) atoms. The van der Waals surface area contributed by atoms with Crippen LogP contribution in [0.5, 0.6) is 0 Å². The fraction of sp³-hybridized carbons (Fsp3) is 0.200. The summed E-state index contributed by atoms with van der Waals surface area (Å²) in [6.45, 7) is 1.79. The van der Waals surface area contributed by atoms with Gasteiger partial charge in [-0.15, -0.1) is 0 Å². The van der Waals surface area contributed by atoms with E-state index in [4.69, 9.17) is 4.74 Å². The van der Waals surface area contributed by atoms with Gasteiger partial charge in [0.25, 0.3) is 5.69 Å². The lowest BCUT2D eigenvalue weighted by Crippen LogP contribution is -2.39. The molecular weight excluding hydrogens is 420 g/mol. The number of hydrogen-bond donors (Lipinski definition) is 0. The predicted octanol–water partition coefficient (Wildman–Crippen LogP) is 5.74. The average Bonchev–Trinajstić information content (AvgIpc) is 2.85. The number of carbonyl (C=O) groups excluding carboxylic acids is 1. The van der Waals surface area contributed by atoms with Crippen molar-refractivity contribution in [2.45, 2.75) is 19.4 Å². The molecule has 0 spiro atoms. The first-order valence-electron chi connectivity index (χ1n) is 10.3. The van der Waals surface area contributed by atoms with Crippen molar-refractivity contribution in [1.82, 2.24) is 0 Å². The Balaban J connectivity index is 2.10. The highest BCUT2D eigenvalue weighted by atomic mass is 16.6. The molecule has 0 heterocycles. The second-order valence-corrected chi connectivity index (χ2v) is 7.27. The molecule has 3 aromatic carbocycles. The topological polar surface area (TPSA) is 118 Å². The van der Waals surface area contributed by atoms with Crippen molar-refractivity contribution in [2.75, 3.05) is 6.61 Å². The summed E-state index contributed by atoms with van der Waals surface area (Å²) in [5.74, 6) is -0.687. The van der Waals surface area contributed by atoms with E-state index in [0.717, 1.165) is 5.56 Å². The molecule has 2 unspecified atom stereocenters. The number of nitriles is 1. The number of carbonyl (C=O) groups is 1. The molecule has 0 aliphatic heterocycles. The van der Waals surface area contributed by atoms with E-state index in [2.05, 4.69) is 16.3 Å². The lowest BCUT2D eigenvalue weighted by atomic mass is 9.74. The molecule has 2 atom stereocenters. The fourth-order valence-electron chi connectivity index (χ4n) is 3.45. The third-order valence-corrected chi connectivity index (χ3v) is 5.10. The Morgan fingerprint density at radius 2 is 1.67 bits per heavy atom. The van der Waals surface area contributed by atoms with E-state index >= 15 is 0 Å². The monoisotopic (exact) mass is 442 g/mol. The minimum absolute atomic E-state index is 0.0714. The van der Waals surface area contributed by atoms with Crippen LogP contribution in [0.15, 0.2) is 95.2 Å². The van der Waals surface area contributed by atoms with Gasteiger partial charge < -0.3 is 4.74 Å². The molecule has 0 aliphatic rings. The van der Waals surface area contributed by atoms with Crippen molar-refractivity contribution < 1.29 is 14.5 Å². The van der Waals surface area contributed by atoms with E-state index < -0.39 is 22.3 Å². The molecule has 166 valence electrons. The number of benzene rings is 3. The molecule has 0 amide bonds. The van der Waals surface area contributed by atoms with Crippen LogP contribution in [0.2, 0.25) is 0 Å². The zero-order chi connectivity index (χ0) is 23.7. The number of nitro benzene ring substituents is 1. The van der Waals surface area contributed by atoms with Crippen molar-refractivity contribution in [3.05, 3.63) is 106 Å². The Morgan fingerprint density at radius 1 is 1.06 bits per heavy atom. The molecule has 0 aliphatic carbocycles. The van der Waals surface area contributed by atoms with Gasteiger partial charge in [-0.25, -0.2) is 0 Å². The molecule has 0 N–H and O–H groups in total. The van der Waals surface area contributed by atoms with E-state index in [-0.39, 0.29) is 18.7 Å². The highest BCUT2D eigenvalue weighted by Crippen LogP contribution is 2.42. The zero-order valence-corrected chi connectivity index (χ0v) is 18.0. The van der Waals surface area contributed by atoms with Crippen LogP contribution in [0.4, 0.5) is 11.4 Å². The van der Waals surface area contributed by atoms with Crippen LogP contribution in [0.3, 0.4) is 0 Å². The third kappa shape index (κ3) is 5.46. The molecule has 3 aromatic rings. The van der Waals surface area contributed by atoms with Crippen LogP contribution in [-0.4, -0.2) is 17.5 Å². The molecule has 3 rings (SSSR count). The SMILES string of the molecule is CCOC(=O)C(C#N)(Cc1ccccc1)C(N=Nc1ccc([N+](=O)[O-])cc1)c1ccccc1. The maximum Gasteiger partial charge on any atom is 0.329 e. The highest BCUT2D eigenvalue weighted by Gasteiger charge is 2.49. The second-order valence-electron chi connectivity index (χ2n) is 7.27. The number of rotatable bonds is 9. The summed E-state index contributed by atoms with van der Waals surface area (Å²) < 4.78 is 5.33. The van der Waals surface area contributed by atoms with Gasteiger partial charge in [-0.1, -0.05) is 60.7 Å². The maximum atomic E-state index is 13.2. The summed E-state index contributed by atoms with van der Waals surface area (Å²) >= 11 is 0. The second kappa shape index (κ2) is 10.8. The standard InChI is InChI=1S/C25H22N4O4/c1-2-33-24(30)25(18-26,17-19-9-5-3-6-10-19)23(20-11-7-4-8-12-20)28-27-21-13-15-22(16-14-21)29(31)32/h3-16,23H,2,17H2,1H3. The Bertz CT molecular complexity index is 1160. The van der Waals surface area contributed by atoms with Gasteiger partial charge in [0.05, 0.1) is 23.3 Å². The quantitative estimate of drug-likeness (QED) is 0.181. The van der Waals surface area contributed by atoms with Crippen molar-refractivity contribution in [2.24, 2.45) is 15.6 Å². The molecular formula is C25H22N4O4. The van der Waals surface area contributed by atoms with Gasteiger partial charge in [-0.3, -0.25) is 14.9 Å². The van der Waals surface area contributed by atoms with Crippen LogP contribution in [0.25, 0.3) is 0 Å². The third-order valence-electron chi connectivity index (χ3n) is 5.10. The van der Waals surface area contributed by atoms with Gasteiger partial charge in [0.2, 0.25) is 0 Å². The van der Waals surface area contributed by atoms with Gasteiger partial charge in [0.1, 0.15) is 6.04 Å². The van der Waals surface area contributed by atoms with Crippen molar-refractivity contribution in [3.63, 3.8) is 0 Å². The summed E-state index contributed by atoms with van der Waals surface area (Å²) in [5, 5.41) is 29.9. The highest BCUT2D eigenvalue weighted by molar-refractivity contribution is 5.82. The van der Waals surface area contributed by atoms with Gasteiger partial charge in [0, 0.05) is 18.6 Å². The van der Waals surface area contributed by atoms with Crippen molar-refractivity contribution in [1.29, 1.82) is 5.26 Å². The first-order valence-corrected chi connectivity index (χ1v) is 10.3. The van der Waals surface area contributed by atoms with E-state index in [1.165, 1.54) is 24.3 Å². The van der Waals surface area contributed by atoms with Crippen LogP contribution in [0, 0.1) is 26.9 Å². The maximum absolute atomic E-state index is 13.2. The number of nitrogens with zero attached hydrogens (tertiary/aromatic N) is 4. The van der Waals surface area contributed by atoms with E-state index in [1.807, 2.05) is 36.4 Å². The number of esters is 1. The minimum atomic E-state index is -1.68. The summed E-state index contributed by atoms with van der Waals surface area (Å²) in [4.78, 5) is 23.6. The average molecular weight is 442 g/mol. The molecule has 0 bridgehead atoms. The van der Waals surface area contributed by atoms with Crippen molar-refractivity contribution in [3.8, 4) is 6.07 Å². The van der Waals surface area contributed by atoms with E-state index in [0.29, 0.717) is 11.3 Å². The summed E-state index contributed by atoms with van der Waals surface area (Å²) in [6, 6.07) is 24.9. The first kappa shape index (κ1) is 23.3. The van der Waals surface area contributed by atoms with Gasteiger partial charge in [-0.05, 0) is 30.2 Å². The summed E-state index contributed by atoms with van der Waals surface area (Å²) in [6.07, 6.45) is 0.0714. The number of azo groups is 1. The normalized spacial score (nSPS) is 13.6.